The Morgan fingerprint density at radius 2 is 2.29 bits per heavy atom. The topological polar surface area (TPSA) is 54.5 Å². The van der Waals surface area contributed by atoms with Gasteiger partial charge in [0.2, 0.25) is 0 Å². The number of hydrogen-bond acceptors (Lipinski definition) is 6. The molecule has 1 aromatic heterocycles. The summed E-state index contributed by atoms with van der Waals surface area (Å²) in [5.41, 5.74) is 0.608. The highest BCUT2D eigenvalue weighted by Crippen LogP contribution is 2.30. The van der Waals surface area contributed by atoms with Gasteiger partial charge in [0, 0.05) is 19.1 Å². The first-order valence-electron chi connectivity index (χ1n) is 7.59. The maximum atomic E-state index is 14.0. The molecule has 1 aliphatic heterocycles. The lowest BCUT2D eigenvalue weighted by molar-refractivity contribution is 0.0606. The third-order valence-corrected chi connectivity index (χ3v) is 5.25. The third kappa shape index (κ3) is 3.62. The van der Waals surface area contributed by atoms with Crippen molar-refractivity contribution in [1.82, 2.24) is 4.98 Å². The van der Waals surface area contributed by atoms with Crippen LogP contribution in [0.25, 0.3) is 0 Å². The van der Waals surface area contributed by atoms with Crippen molar-refractivity contribution in [3.05, 3.63) is 40.1 Å². The molecule has 0 aliphatic carbocycles. The van der Waals surface area contributed by atoms with Gasteiger partial charge in [-0.2, -0.15) is 0 Å². The van der Waals surface area contributed by atoms with E-state index in [2.05, 4.69) is 15.0 Å². The summed E-state index contributed by atoms with van der Waals surface area (Å²) in [4.78, 5) is 18.1. The number of halogens is 2. The van der Waals surface area contributed by atoms with E-state index in [1.807, 2.05) is 11.0 Å². The van der Waals surface area contributed by atoms with E-state index in [9.17, 15) is 9.18 Å². The zero-order valence-electron chi connectivity index (χ0n) is 13.1. The molecule has 0 saturated carbocycles. The molecule has 1 aromatic carbocycles. The van der Waals surface area contributed by atoms with E-state index in [1.165, 1.54) is 13.2 Å². The van der Waals surface area contributed by atoms with Crippen LogP contribution in [0.4, 0.5) is 15.2 Å². The van der Waals surface area contributed by atoms with Gasteiger partial charge in [0.1, 0.15) is 5.82 Å². The number of para-hydroxylation sites is 1. The van der Waals surface area contributed by atoms with Gasteiger partial charge in [-0.3, -0.25) is 0 Å². The van der Waals surface area contributed by atoms with Crippen LogP contribution in [-0.4, -0.2) is 37.2 Å². The number of carbonyl (C=O) groups excluding carboxylic acids is 1. The van der Waals surface area contributed by atoms with Gasteiger partial charge in [-0.15, -0.1) is 0 Å². The fourth-order valence-corrected chi connectivity index (χ4v) is 3.96. The fraction of sp³-hybridized carbons (Fsp3) is 0.375. The van der Waals surface area contributed by atoms with Gasteiger partial charge in [-0.1, -0.05) is 35.1 Å². The van der Waals surface area contributed by atoms with Gasteiger partial charge in [0.05, 0.1) is 12.8 Å². The average Bonchev–Trinajstić information content (AvgIpc) is 2.95. The van der Waals surface area contributed by atoms with Crippen molar-refractivity contribution in [2.45, 2.75) is 18.9 Å². The number of rotatable bonds is 4. The van der Waals surface area contributed by atoms with E-state index in [1.54, 1.807) is 12.1 Å². The molecule has 0 spiro atoms. The zero-order chi connectivity index (χ0) is 17.1. The van der Waals surface area contributed by atoms with Crippen molar-refractivity contribution in [3.8, 4) is 0 Å². The van der Waals surface area contributed by atoms with Crippen LogP contribution in [0.2, 0.25) is 5.15 Å². The van der Waals surface area contributed by atoms with E-state index in [-0.39, 0.29) is 21.9 Å². The van der Waals surface area contributed by atoms with E-state index in [4.69, 9.17) is 11.6 Å². The summed E-state index contributed by atoms with van der Waals surface area (Å²) in [5.74, 6) is -0.717. The molecule has 2 heterocycles. The molecule has 1 aliphatic rings. The number of carbonyl (C=O) groups is 1. The van der Waals surface area contributed by atoms with Crippen LogP contribution in [0.1, 0.15) is 22.5 Å². The van der Waals surface area contributed by atoms with Gasteiger partial charge in [0.15, 0.2) is 15.2 Å². The first-order valence-corrected chi connectivity index (χ1v) is 8.78. The number of ether oxygens (including phenoxy) is 1. The lowest BCUT2D eigenvalue weighted by Gasteiger charge is -2.34. The summed E-state index contributed by atoms with van der Waals surface area (Å²) < 4.78 is 18.6. The Kier molecular flexibility index (Phi) is 5.20. The van der Waals surface area contributed by atoms with Gasteiger partial charge >= 0.3 is 5.97 Å². The lowest BCUT2D eigenvalue weighted by atomic mass is 10.1. The molecule has 1 N–H and O–H groups in total. The molecule has 5 nitrogen and oxygen atoms in total. The predicted molar refractivity (Wildman–Crippen MR) is 93.7 cm³/mol. The third-order valence-electron chi connectivity index (χ3n) is 3.90. The Hall–Kier alpha value is -1.86. The molecule has 0 bridgehead atoms. The molecule has 1 unspecified atom stereocenters. The second-order valence-corrected chi connectivity index (χ2v) is 6.87. The van der Waals surface area contributed by atoms with Crippen molar-refractivity contribution in [2.75, 3.05) is 30.4 Å². The number of aromatic nitrogens is 1. The molecule has 24 heavy (non-hydrogen) atoms. The molecular weight excluding hydrogens is 353 g/mol. The summed E-state index contributed by atoms with van der Waals surface area (Å²) >= 11 is 7.14. The fourth-order valence-electron chi connectivity index (χ4n) is 2.78. The number of hydrogen-bond donors (Lipinski definition) is 1. The lowest BCUT2D eigenvalue weighted by Crippen LogP contribution is -2.42. The van der Waals surface area contributed by atoms with Crippen LogP contribution in [-0.2, 0) is 4.74 Å². The minimum atomic E-state index is -0.498. The number of nitrogens with one attached hydrogen (secondary N) is 1. The number of anilines is 2. The van der Waals surface area contributed by atoms with E-state index >= 15 is 0 Å². The van der Waals surface area contributed by atoms with Crippen molar-refractivity contribution < 1.29 is 13.9 Å². The minimum absolute atomic E-state index is 0.103. The molecule has 128 valence electrons. The Morgan fingerprint density at radius 3 is 3.04 bits per heavy atom. The first-order chi connectivity index (χ1) is 11.6. The number of thiazole rings is 1. The molecule has 8 heteroatoms. The quantitative estimate of drug-likeness (QED) is 0.831. The van der Waals surface area contributed by atoms with Crippen LogP contribution >= 0.6 is 22.9 Å². The molecule has 0 amide bonds. The predicted octanol–water partition coefficient (Wildman–Crippen LogP) is 3.80. The van der Waals surface area contributed by atoms with Gasteiger partial charge in [-0.25, -0.2) is 14.2 Å². The minimum Gasteiger partial charge on any atom is -0.465 e. The number of esters is 1. The number of benzene rings is 1. The molecule has 0 radical (unpaired) electrons. The summed E-state index contributed by atoms with van der Waals surface area (Å²) in [6.45, 7) is 1.47. The highest BCUT2D eigenvalue weighted by atomic mass is 35.5. The molecule has 1 atom stereocenters. The smallest absolute Gasteiger partial charge is 0.351 e. The maximum Gasteiger partial charge on any atom is 0.351 e. The van der Waals surface area contributed by atoms with Crippen LogP contribution in [0.15, 0.2) is 24.3 Å². The Morgan fingerprint density at radius 1 is 1.50 bits per heavy atom. The van der Waals surface area contributed by atoms with E-state index in [0.717, 1.165) is 30.7 Å². The Balaban J connectivity index is 1.70. The normalized spacial score (nSPS) is 17.6. The number of piperidine rings is 1. The largest absolute Gasteiger partial charge is 0.465 e. The summed E-state index contributed by atoms with van der Waals surface area (Å²) in [6.07, 6.45) is 1.88. The van der Waals surface area contributed by atoms with Gasteiger partial charge < -0.3 is 15.0 Å². The SMILES string of the molecule is COC(=O)c1sc(NC2CCCN(c3ccccc3F)C2)nc1Cl. The van der Waals surface area contributed by atoms with E-state index < -0.39 is 5.97 Å². The Bertz CT molecular complexity index is 740. The Labute approximate surface area is 148 Å². The number of methoxy groups -OCH3 is 1. The highest BCUT2D eigenvalue weighted by molar-refractivity contribution is 7.18. The highest BCUT2D eigenvalue weighted by Gasteiger charge is 2.24. The second kappa shape index (κ2) is 7.36. The van der Waals surface area contributed by atoms with Crippen molar-refractivity contribution >= 4 is 39.7 Å². The zero-order valence-corrected chi connectivity index (χ0v) is 14.7. The van der Waals surface area contributed by atoms with Gasteiger partial charge in [-0.05, 0) is 25.0 Å². The number of nitrogens with zero attached hydrogens (tertiary/aromatic N) is 2. The van der Waals surface area contributed by atoms with Crippen LogP contribution in [0.5, 0.6) is 0 Å². The summed E-state index contributed by atoms with van der Waals surface area (Å²) in [5, 5.41) is 4.00. The van der Waals surface area contributed by atoms with Crippen molar-refractivity contribution in [3.63, 3.8) is 0 Å². The average molecular weight is 370 g/mol. The molecular formula is C16H17ClFN3O2S. The first kappa shape index (κ1) is 17.0. The van der Waals surface area contributed by atoms with Crippen LogP contribution < -0.4 is 10.2 Å². The second-order valence-electron chi connectivity index (χ2n) is 5.51. The summed E-state index contributed by atoms with van der Waals surface area (Å²) in [7, 11) is 1.30. The molecule has 1 fully saturated rings. The van der Waals surface area contributed by atoms with Crippen LogP contribution in [0.3, 0.4) is 0 Å². The standard InChI is InChI=1S/C16H17ClFN3O2S/c1-23-15(22)13-14(17)20-16(24-13)19-10-5-4-8-21(9-10)12-7-3-2-6-11(12)18/h2-3,6-7,10H,4-5,8-9H2,1H3,(H,19,20). The van der Waals surface area contributed by atoms with Crippen LogP contribution in [0, 0.1) is 5.82 Å². The monoisotopic (exact) mass is 369 g/mol. The van der Waals surface area contributed by atoms with Crippen molar-refractivity contribution in [1.29, 1.82) is 0 Å². The van der Waals surface area contributed by atoms with E-state index in [0.29, 0.717) is 17.4 Å². The molecule has 3 rings (SSSR count). The summed E-state index contributed by atoms with van der Waals surface area (Å²) in [6, 6.07) is 6.87. The molecule has 2 aromatic rings. The van der Waals surface area contributed by atoms with Crippen molar-refractivity contribution in [2.24, 2.45) is 0 Å². The van der Waals surface area contributed by atoms with Gasteiger partial charge in [0.25, 0.3) is 0 Å². The maximum absolute atomic E-state index is 14.0. The molecule has 1 saturated heterocycles.